The molecule has 3 heterocycles. The van der Waals surface area contributed by atoms with Gasteiger partial charge in [0.05, 0.1) is 41.8 Å². The van der Waals surface area contributed by atoms with Crippen LogP contribution in [0.1, 0.15) is 24.2 Å². The molecule has 0 unspecified atom stereocenters. The SMILES string of the molecule is C[C@H]1CN(c2ccc3nccc(C(=O)NCC(=O)N4CSC[C@H]4C#N)c3c2)C[C@H](C)O1. The van der Waals surface area contributed by atoms with Crippen molar-refractivity contribution in [3.63, 3.8) is 0 Å². The molecule has 0 bridgehead atoms. The average molecular weight is 440 g/mol. The van der Waals surface area contributed by atoms with Crippen molar-refractivity contribution in [3.05, 3.63) is 36.0 Å². The second kappa shape index (κ2) is 9.12. The van der Waals surface area contributed by atoms with Crippen LogP contribution in [0.15, 0.2) is 30.5 Å². The van der Waals surface area contributed by atoms with Crippen LogP contribution in [0.4, 0.5) is 5.69 Å². The first-order valence-electron chi connectivity index (χ1n) is 10.3. The van der Waals surface area contributed by atoms with E-state index in [2.05, 4.69) is 35.1 Å². The zero-order chi connectivity index (χ0) is 22.0. The van der Waals surface area contributed by atoms with Crippen LogP contribution >= 0.6 is 11.8 Å². The summed E-state index contributed by atoms with van der Waals surface area (Å²) in [6.45, 7) is 5.52. The van der Waals surface area contributed by atoms with Crippen molar-refractivity contribution in [2.75, 3.05) is 36.2 Å². The zero-order valence-corrected chi connectivity index (χ0v) is 18.4. The van der Waals surface area contributed by atoms with Crippen LogP contribution in [0.25, 0.3) is 10.9 Å². The number of amides is 2. The molecule has 0 spiro atoms. The first-order chi connectivity index (χ1) is 15.0. The van der Waals surface area contributed by atoms with Gasteiger partial charge >= 0.3 is 0 Å². The van der Waals surface area contributed by atoms with Gasteiger partial charge in [0.2, 0.25) is 5.91 Å². The van der Waals surface area contributed by atoms with E-state index >= 15 is 0 Å². The van der Waals surface area contributed by atoms with Gasteiger partial charge in [-0.3, -0.25) is 14.6 Å². The number of anilines is 1. The topological polar surface area (TPSA) is 98.6 Å². The van der Waals surface area contributed by atoms with E-state index in [0.29, 0.717) is 17.2 Å². The molecule has 9 heteroatoms. The molecule has 2 saturated heterocycles. The largest absolute Gasteiger partial charge is 0.372 e. The lowest BCUT2D eigenvalue weighted by Crippen LogP contribution is -2.45. The third kappa shape index (κ3) is 4.60. The van der Waals surface area contributed by atoms with E-state index < -0.39 is 6.04 Å². The Morgan fingerprint density at radius 1 is 1.29 bits per heavy atom. The van der Waals surface area contributed by atoms with Crippen LogP contribution in [0.5, 0.6) is 0 Å². The number of rotatable bonds is 4. The molecule has 2 aliphatic heterocycles. The van der Waals surface area contributed by atoms with Crippen molar-refractivity contribution in [1.82, 2.24) is 15.2 Å². The standard InChI is InChI=1S/C22H25N5O3S/c1-14-10-26(11-15(2)30-14)16-3-4-20-19(7-16)18(5-6-24-20)22(29)25-9-21(28)27-13-31-12-17(27)8-23/h3-7,14-15,17H,9-13H2,1-2H3,(H,25,29)/t14-,15-,17+/m0/s1. The predicted octanol–water partition coefficient (Wildman–Crippen LogP) is 2.00. The lowest BCUT2D eigenvalue weighted by atomic mass is 10.1. The van der Waals surface area contributed by atoms with E-state index in [1.54, 1.807) is 12.3 Å². The number of fused-ring (bicyclic) bond motifs is 1. The number of hydrogen-bond acceptors (Lipinski definition) is 7. The molecule has 2 aliphatic rings. The van der Waals surface area contributed by atoms with Gasteiger partial charge in [-0.25, -0.2) is 0 Å². The van der Waals surface area contributed by atoms with Crippen LogP contribution in [0.2, 0.25) is 0 Å². The van der Waals surface area contributed by atoms with E-state index in [1.165, 1.54) is 16.7 Å². The van der Waals surface area contributed by atoms with Gasteiger partial charge in [-0.2, -0.15) is 5.26 Å². The molecule has 2 amide bonds. The maximum atomic E-state index is 12.9. The summed E-state index contributed by atoms with van der Waals surface area (Å²) in [7, 11) is 0. The van der Waals surface area contributed by atoms with E-state index in [0.717, 1.165) is 29.7 Å². The molecule has 8 nitrogen and oxygen atoms in total. The normalized spacial score (nSPS) is 23.6. The number of benzene rings is 1. The van der Waals surface area contributed by atoms with Gasteiger partial charge in [0, 0.05) is 36.1 Å². The summed E-state index contributed by atoms with van der Waals surface area (Å²) in [6, 6.07) is 9.27. The van der Waals surface area contributed by atoms with Crippen molar-refractivity contribution in [1.29, 1.82) is 5.26 Å². The van der Waals surface area contributed by atoms with E-state index in [9.17, 15) is 9.59 Å². The Morgan fingerprint density at radius 3 is 2.81 bits per heavy atom. The van der Waals surface area contributed by atoms with Gasteiger partial charge in [-0.1, -0.05) is 0 Å². The molecule has 2 fully saturated rings. The maximum absolute atomic E-state index is 12.9. The molecule has 2 aromatic rings. The van der Waals surface area contributed by atoms with Gasteiger partial charge in [-0.15, -0.1) is 11.8 Å². The molecule has 0 radical (unpaired) electrons. The zero-order valence-electron chi connectivity index (χ0n) is 17.6. The number of nitriles is 1. The molecule has 0 aliphatic carbocycles. The molecule has 4 rings (SSSR count). The third-order valence-electron chi connectivity index (χ3n) is 5.51. The van der Waals surface area contributed by atoms with Crippen molar-refractivity contribution in [2.45, 2.75) is 32.1 Å². The van der Waals surface area contributed by atoms with Gasteiger partial charge < -0.3 is 19.9 Å². The average Bonchev–Trinajstić information content (AvgIpc) is 3.25. The number of morpholine rings is 1. The summed E-state index contributed by atoms with van der Waals surface area (Å²) >= 11 is 1.54. The molecular formula is C22H25N5O3S. The summed E-state index contributed by atoms with van der Waals surface area (Å²) in [5.41, 5.74) is 2.21. The smallest absolute Gasteiger partial charge is 0.252 e. The fourth-order valence-corrected chi connectivity index (χ4v) is 5.17. The second-order valence-electron chi connectivity index (χ2n) is 7.91. The number of ether oxygens (including phenoxy) is 1. The Hall–Kier alpha value is -2.83. The third-order valence-corrected chi connectivity index (χ3v) is 6.52. The number of thioether (sulfide) groups is 1. The Kier molecular flexibility index (Phi) is 6.30. The number of nitrogens with zero attached hydrogens (tertiary/aromatic N) is 4. The fraction of sp³-hybridized carbons (Fsp3) is 0.455. The lowest BCUT2D eigenvalue weighted by Gasteiger charge is -2.37. The van der Waals surface area contributed by atoms with Crippen molar-refractivity contribution < 1.29 is 14.3 Å². The van der Waals surface area contributed by atoms with Crippen LogP contribution in [-0.2, 0) is 9.53 Å². The molecule has 1 aromatic carbocycles. The molecule has 162 valence electrons. The van der Waals surface area contributed by atoms with Gasteiger partial charge in [-0.05, 0) is 38.1 Å². The highest BCUT2D eigenvalue weighted by molar-refractivity contribution is 7.99. The maximum Gasteiger partial charge on any atom is 0.252 e. The van der Waals surface area contributed by atoms with Gasteiger partial charge in [0.15, 0.2) is 0 Å². The minimum absolute atomic E-state index is 0.128. The first-order valence-corrected chi connectivity index (χ1v) is 11.5. The highest BCUT2D eigenvalue weighted by atomic mass is 32.2. The van der Waals surface area contributed by atoms with E-state index in [-0.39, 0.29) is 30.6 Å². The van der Waals surface area contributed by atoms with Crippen molar-refractivity contribution in [3.8, 4) is 6.07 Å². The summed E-state index contributed by atoms with van der Waals surface area (Å²) in [5, 5.41) is 12.6. The van der Waals surface area contributed by atoms with Crippen molar-refractivity contribution >= 4 is 40.2 Å². The highest BCUT2D eigenvalue weighted by Gasteiger charge is 2.29. The summed E-state index contributed by atoms with van der Waals surface area (Å²) in [6.07, 6.45) is 1.85. The second-order valence-corrected chi connectivity index (χ2v) is 8.91. The van der Waals surface area contributed by atoms with Crippen LogP contribution in [0, 0.1) is 11.3 Å². The minimum Gasteiger partial charge on any atom is -0.372 e. The monoisotopic (exact) mass is 439 g/mol. The number of hydrogen-bond donors (Lipinski definition) is 1. The molecule has 31 heavy (non-hydrogen) atoms. The quantitative estimate of drug-likeness (QED) is 0.778. The minimum atomic E-state index is -0.433. The highest BCUT2D eigenvalue weighted by Crippen LogP contribution is 2.26. The van der Waals surface area contributed by atoms with Gasteiger partial charge in [0.25, 0.3) is 5.91 Å². The van der Waals surface area contributed by atoms with Crippen LogP contribution < -0.4 is 10.2 Å². The Bertz CT molecular complexity index is 1030. The number of aromatic nitrogens is 1. The number of carbonyl (C=O) groups is 2. The predicted molar refractivity (Wildman–Crippen MR) is 120 cm³/mol. The summed E-state index contributed by atoms with van der Waals surface area (Å²) in [5.74, 6) is 0.500. The first kappa shape index (κ1) is 21.4. The summed E-state index contributed by atoms with van der Waals surface area (Å²) < 4.78 is 5.82. The molecule has 3 atom stereocenters. The van der Waals surface area contributed by atoms with E-state index in [4.69, 9.17) is 10.00 Å². The van der Waals surface area contributed by atoms with E-state index in [1.807, 2.05) is 18.2 Å². The Balaban J connectivity index is 1.52. The van der Waals surface area contributed by atoms with Gasteiger partial charge in [0.1, 0.15) is 6.04 Å². The molecule has 1 N–H and O–H groups in total. The lowest BCUT2D eigenvalue weighted by molar-refractivity contribution is -0.129. The number of carbonyl (C=O) groups excluding carboxylic acids is 2. The number of nitrogens with one attached hydrogen (secondary N) is 1. The Labute approximate surface area is 185 Å². The van der Waals surface area contributed by atoms with Crippen LogP contribution in [0.3, 0.4) is 0 Å². The molecule has 1 aromatic heterocycles. The number of pyridine rings is 1. The van der Waals surface area contributed by atoms with Crippen LogP contribution in [-0.4, -0.2) is 71.2 Å². The fourth-order valence-electron chi connectivity index (χ4n) is 4.07. The summed E-state index contributed by atoms with van der Waals surface area (Å²) in [4.78, 5) is 33.5. The van der Waals surface area contributed by atoms with Crippen molar-refractivity contribution in [2.24, 2.45) is 0 Å². The molecule has 0 saturated carbocycles. The molecular weight excluding hydrogens is 414 g/mol. The Morgan fingerprint density at radius 2 is 2.06 bits per heavy atom.